The van der Waals surface area contributed by atoms with Crippen LogP contribution in [0, 0.1) is 5.41 Å². The zero-order valence-corrected chi connectivity index (χ0v) is 47.3. The van der Waals surface area contributed by atoms with Gasteiger partial charge in [0.25, 0.3) is 0 Å². The molecule has 2 aliphatic rings. The van der Waals surface area contributed by atoms with Gasteiger partial charge in [-0.2, -0.15) is 0 Å². The van der Waals surface area contributed by atoms with Crippen LogP contribution in [0.1, 0.15) is 30.5 Å². The molecule has 0 amide bonds. The number of aromatic nitrogens is 1. The summed E-state index contributed by atoms with van der Waals surface area (Å²) in [6, 6.07) is 100. The number of ether oxygens (including phenoxy) is 1. The number of rotatable bonds is 11. The molecule has 0 saturated heterocycles. The van der Waals surface area contributed by atoms with Crippen molar-refractivity contribution in [2.75, 3.05) is 4.90 Å². The molecule has 7 heteroatoms. The van der Waals surface area contributed by atoms with Crippen LogP contribution in [-0.2, 0) is 5.41 Å². The number of hydrogen-bond acceptors (Lipinski definition) is 5. The molecule has 2 heterocycles. The Morgan fingerprint density at radius 1 is 0.439 bits per heavy atom. The zero-order chi connectivity index (χ0) is 55.4. The smallest absolute Gasteiger partial charge is 0.179 e. The third kappa shape index (κ3) is 8.47. The van der Waals surface area contributed by atoms with E-state index >= 15 is 0 Å². The number of nitrogens with one attached hydrogen (secondary N) is 1. The monoisotopic (exact) mass is 1090 g/mol. The summed E-state index contributed by atoms with van der Waals surface area (Å²) < 4.78 is 13.4. The van der Waals surface area contributed by atoms with E-state index in [4.69, 9.17) is 4.74 Å². The van der Waals surface area contributed by atoms with Crippen molar-refractivity contribution in [1.29, 1.82) is 5.41 Å². The largest absolute Gasteiger partial charge is 0.457 e. The maximum absolute atomic E-state index is 9.97. The second kappa shape index (κ2) is 20.7. The summed E-state index contributed by atoms with van der Waals surface area (Å²) in [4.78, 5) is 2.19. The fraction of sp³-hybridized carbons (Fsp3) is 0.0400. The molecule has 0 spiro atoms. The van der Waals surface area contributed by atoms with E-state index in [1.807, 2.05) is 12.1 Å². The second-order valence-corrected chi connectivity index (χ2v) is 25.7. The average Bonchev–Trinajstić information content (AvgIpc) is 3.87. The molecule has 5 nitrogen and oxygen atoms in total. The van der Waals surface area contributed by atoms with E-state index < -0.39 is 8.07 Å². The number of nitrogens with zero attached hydrogens (tertiary/aromatic N) is 3. The minimum absolute atomic E-state index is 0.262. The molecule has 0 radical (unpaired) electrons. The molecular formula is C75H56N4OSSi. The molecule has 0 fully saturated rings. The van der Waals surface area contributed by atoms with Gasteiger partial charge in [0.2, 0.25) is 0 Å². The average molecular weight is 1090 g/mol. The Bertz CT molecular complexity index is 4400. The van der Waals surface area contributed by atoms with E-state index in [9.17, 15) is 5.41 Å². The van der Waals surface area contributed by atoms with E-state index in [0.717, 1.165) is 95.0 Å². The highest BCUT2D eigenvalue weighted by Gasteiger charge is 2.41. The van der Waals surface area contributed by atoms with Crippen molar-refractivity contribution in [3.63, 3.8) is 0 Å². The van der Waals surface area contributed by atoms with Crippen molar-refractivity contribution in [1.82, 2.24) is 4.57 Å². The van der Waals surface area contributed by atoms with Crippen LogP contribution < -0.4 is 30.4 Å². The van der Waals surface area contributed by atoms with Gasteiger partial charge in [0.05, 0.1) is 22.4 Å². The molecule has 1 aliphatic heterocycles. The van der Waals surface area contributed by atoms with E-state index in [2.05, 4.69) is 320 Å². The Kier molecular flexibility index (Phi) is 12.7. The summed E-state index contributed by atoms with van der Waals surface area (Å²) in [6.07, 6.45) is 4.15. The zero-order valence-electron chi connectivity index (χ0n) is 45.4. The molecule has 0 saturated carbocycles. The van der Waals surface area contributed by atoms with Gasteiger partial charge in [0.15, 0.2) is 8.07 Å². The highest BCUT2D eigenvalue weighted by molar-refractivity contribution is 7.79. The Balaban J connectivity index is 0.837. The predicted molar refractivity (Wildman–Crippen MR) is 349 cm³/mol. The van der Waals surface area contributed by atoms with Crippen LogP contribution in [0.4, 0.5) is 11.4 Å². The number of hydrogen-bond donors (Lipinski definition) is 2. The fourth-order valence-corrected chi connectivity index (χ4v) is 17.7. The van der Waals surface area contributed by atoms with Gasteiger partial charge in [-0.3, -0.25) is 5.41 Å². The van der Waals surface area contributed by atoms with Crippen molar-refractivity contribution < 1.29 is 4.74 Å². The SMILES string of the molecule is CC1(C)c2ccccc2Oc2ccc(-n3c4ccccc4c4cc(C5=CC=C(N(c6ccc(-c7ccccc7)cc6)c6ccc(-c7ccc([Si](c8ccccc8)(c8ccccc8)c8ccccc8)cc7)cc6)/C(=N/S)C5=N)ccc43)cc21. The summed E-state index contributed by atoms with van der Waals surface area (Å²) in [7, 11) is -2.68. The van der Waals surface area contributed by atoms with Crippen LogP contribution >= 0.6 is 12.8 Å². The maximum Gasteiger partial charge on any atom is 0.179 e. The predicted octanol–water partition coefficient (Wildman–Crippen LogP) is 16.4. The molecule has 0 bridgehead atoms. The number of benzene rings is 11. The van der Waals surface area contributed by atoms with Crippen LogP contribution in [0.25, 0.3) is 55.3 Å². The Hall–Kier alpha value is -9.79. The van der Waals surface area contributed by atoms with Gasteiger partial charge in [-0.1, -0.05) is 226 Å². The summed E-state index contributed by atoms with van der Waals surface area (Å²) in [6.45, 7) is 4.55. The molecule has 0 atom stereocenters. The van der Waals surface area contributed by atoms with Gasteiger partial charge >= 0.3 is 0 Å². The number of anilines is 2. The van der Waals surface area contributed by atoms with Gasteiger partial charge in [-0.15, -0.1) is 0 Å². The molecule has 82 heavy (non-hydrogen) atoms. The number of allylic oxidation sites excluding steroid dienone is 4. The van der Waals surface area contributed by atoms with Crippen molar-refractivity contribution in [3.05, 3.63) is 314 Å². The standard InChI is InChI=1S/C75H56N4OSSi/c1-75(2)66-28-16-18-30-71(66)80-72-48-42-58(50-67(72)75)79-68-29-17-15-27-64(68)65-49-55(37-46-69(65)79)63-45-47-70(74(77-81)73(63)76)78(56-38-31-52(32-39-56)51-19-7-3-8-20-51)57-40-33-53(34-41-57)54-35-43-62(44-36-54)82(59-21-9-4-10-22-59,60-23-11-5-12-24-60)61-25-13-6-14-26-61/h3-50,76,81H,1-2H3/b76-73?,77-74-. The van der Waals surface area contributed by atoms with E-state index in [1.165, 1.54) is 26.3 Å². The Morgan fingerprint density at radius 2 is 0.915 bits per heavy atom. The van der Waals surface area contributed by atoms with Crippen molar-refractivity contribution in [2.24, 2.45) is 4.40 Å². The minimum Gasteiger partial charge on any atom is -0.457 e. The van der Waals surface area contributed by atoms with Gasteiger partial charge in [0, 0.05) is 49.9 Å². The highest BCUT2D eigenvalue weighted by atomic mass is 32.1. The topological polar surface area (TPSA) is 53.6 Å². The number of fused-ring (bicyclic) bond motifs is 5. The molecule has 1 N–H and O–H groups in total. The highest BCUT2D eigenvalue weighted by Crippen LogP contribution is 2.49. The van der Waals surface area contributed by atoms with Crippen LogP contribution in [-0.4, -0.2) is 24.1 Å². The normalized spacial score (nSPS) is 14.2. The van der Waals surface area contributed by atoms with Gasteiger partial charge in [-0.25, -0.2) is 4.40 Å². The lowest BCUT2D eigenvalue weighted by atomic mass is 9.75. The van der Waals surface area contributed by atoms with E-state index in [0.29, 0.717) is 5.71 Å². The third-order valence-corrected chi connectivity index (χ3v) is 21.8. The Morgan fingerprint density at radius 3 is 1.51 bits per heavy atom. The molecular weight excluding hydrogens is 1030 g/mol. The summed E-state index contributed by atoms with van der Waals surface area (Å²) in [5.41, 5.74) is 14.8. The van der Waals surface area contributed by atoms with Crippen LogP contribution in [0.15, 0.2) is 301 Å². The van der Waals surface area contributed by atoms with Gasteiger partial charge < -0.3 is 14.2 Å². The number of para-hydroxylation sites is 2. The molecule has 1 aliphatic carbocycles. The van der Waals surface area contributed by atoms with Crippen LogP contribution in [0.2, 0.25) is 0 Å². The van der Waals surface area contributed by atoms with E-state index in [-0.39, 0.29) is 11.1 Å². The lowest BCUT2D eigenvalue weighted by molar-refractivity contribution is 0.418. The lowest BCUT2D eigenvalue weighted by Crippen LogP contribution is -2.74. The molecule has 0 unspecified atom stereocenters. The molecule has 1 aromatic heterocycles. The fourth-order valence-electron chi connectivity index (χ4n) is 12.7. The summed E-state index contributed by atoms with van der Waals surface area (Å²) >= 11 is 4.64. The minimum atomic E-state index is -2.68. The first-order valence-electron chi connectivity index (χ1n) is 27.8. The van der Waals surface area contributed by atoms with Gasteiger partial charge in [-0.05, 0) is 140 Å². The van der Waals surface area contributed by atoms with Gasteiger partial charge in [0.1, 0.15) is 17.2 Å². The van der Waals surface area contributed by atoms with Crippen LogP contribution in [0.3, 0.4) is 0 Å². The summed E-state index contributed by atoms with van der Waals surface area (Å²) in [5.74, 6) is 1.78. The molecule has 11 aromatic carbocycles. The molecule has 14 rings (SSSR count). The molecule has 12 aromatic rings. The summed E-state index contributed by atoms with van der Waals surface area (Å²) in [5, 5.41) is 17.5. The van der Waals surface area contributed by atoms with Crippen LogP contribution in [0.5, 0.6) is 11.5 Å². The van der Waals surface area contributed by atoms with Crippen molar-refractivity contribution in [3.8, 4) is 39.4 Å². The lowest BCUT2D eigenvalue weighted by Gasteiger charge is -2.34. The first kappa shape index (κ1) is 50.4. The van der Waals surface area contributed by atoms with Crippen molar-refractivity contribution >= 4 is 91.8 Å². The maximum atomic E-state index is 9.97. The third-order valence-electron chi connectivity index (χ3n) is 16.8. The van der Waals surface area contributed by atoms with E-state index in [1.54, 1.807) is 0 Å². The number of thiol groups is 1. The Labute approximate surface area is 485 Å². The molecule has 392 valence electrons. The quantitative estimate of drug-likeness (QED) is 0.0587. The van der Waals surface area contributed by atoms with Crippen molar-refractivity contribution in [2.45, 2.75) is 19.3 Å². The first-order valence-corrected chi connectivity index (χ1v) is 30.2. The second-order valence-electron chi connectivity index (χ2n) is 21.7. The first-order chi connectivity index (χ1) is 40.3.